The van der Waals surface area contributed by atoms with Crippen molar-refractivity contribution in [3.63, 3.8) is 0 Å². The van der Waals surface area contributed by atoms with Crippen molar-refractivity contribution in [2.24, 2.45) is 56.2 Å². The van der Waals surface area contributed by atoms with Gasteiger partial charge in [-0.3, -0.25) is 14.4 Å². The summed E-state index contributed by atoms with van der Waals surface area (Å²) < 4.78 is 12.2. The van der Waals surface area contributed by atoms with Crippen LogP contribution in [-0.4, -0.2) is 29.9 Å². The van der Waals surface area contributed by atoms with Crippen molar-refractivity contribution in [1.82, 2.24) is 0 Å². The van der Waals surface area contributed by atoms with E-state index < -0.39 is 5.41 Å². The molecule has 6 aliphatic carbocycles. The van der Waals surface area contributed by atoms with Gasteiger partial charge in [0.1, 0.15) is 12.2 Å². The normalized spacial score (nSPS) is 49.8. The van der Waals surface area contributed by atoms with Gasteiger partial charge in [-0.1, -0.05) is 60.5 Å². The Bertz CT molecular complexity index is 1250. The summed E-state index contributed by atoms with van der Waals surface area (Å²) in [5.41, 5.74) is 0.393. The second-order valence-corrected chi connectivity index (χ2v) is 18.4. The Labute approximate surface area is 267 Å². The molecule has 246 valence electrons. The number of carbonyl (C=O) groups excluding carboxylic acids is 3. The lowest BCUT2D eigenvalue weighted by atomic mass is 9.33. The van der Waals surface area contributed by atoms with Crippen LogP contribution < -0.4 is 0 Å². The molecule has 0 bridgehead atoms. The van der Waals surface area contributed by atoms with Crippen LogP contribution in [0.1, 0.15) is 146 Å². The predicted octanol–water partition coefficient (Wildman–Crippen LogP) is 9.02. The highest BCUT2D eigenvalue weighted by atomic mass is 16.5. The smallest absolute Gasteiger partial charge is 0.312 e. The molecular formula is C39H60O5. The number of allylic oxidation sites excluding steroid dienone is 2. The zero-order valence-electron chi connectivity index (χ0n) is 29.3. The largest absolute Gasteiger partial charge is 0.462 e. The maximum atomic E-state index is 14.7. The number of esters is 2. The summed E-state index contributed by atoms with van der Waals surface area (Å²) in [4.78, 5) is 40.6. The van der Waals surface area contributed by atoms with Crippen LogP contribution in [0.2, 0.25) is 0 Å². The Morgan fingerprint density at radius 1 is 0.818 bits per heavy atom. The minimum Gasteiger partial charge on any atom is -0.462 e. The molecule has 0 heterocycles. The molecule has 0 amide bonds. The minimum atomic E-state index is -0.510. The third-order valence-electron chi connectivity index (χ3n) is 15.6. The molecule has 0 aliphatic heterocycles. The van der Waals surface area contributed by atoms with Gasteiger partial charge in [-0.25, -0.2) is 0 Å². The van der Waals surface area contributed by atoms with Crippen LogP contribution in [0.4, 0.5) is 0 Å². The van der Waals surface area contributed by atoms with Crippen LogP contribution >= 0.6 is 0 Å². The van der Waals surface area contributed by atoms with E-state index in [1.54, 1.807) is 0 Å². The SMILES string of the molecule is CC(=O)O[C@@H]1CC[C@]2(C)[C@H](CC[C@]3(C)[C@@H]2C(=O)C=C2[C@@H]4C[C@](C)(C(=O)O[C@@H]5CCCC[C@@H]5C)CC[C@]4(C)CC[C@]23C)C1(C)C. The van der Waals surface area contributed by atoms with Crippen molar-refractivity contribution in [3.8, 4) is 0 Å². The van der Waals surface area contributed by atoms with Crippen LogP contribution in [0, 0.1) is 56.2 Å². The van der Waals surface area contributed by atoms with E-state index in [2.05, 4.69) is 61.5 Å². The fourth-order valence-corrected chi connectivity index (χ4v) is 12.5. The molecule has 5 saturated carbocycles. The van der Waals surface area contributed by atoms with E-state index in [1.165, 1.54) is 18.9 Å². The summed E-state index contributed by atoms with van der Waals surface area (Å²) in [5.74, 6) is 1.03. The maximum Gasteiger partial charge on any atom is 0.312 e. The van der Waals surface area contributed by atoms with Crippen LogP contribution in [0.15, 0.2) is 11.6 Å². The van der Waals surface area contributed by atoms with Crippen LogP contribution in [0.25, 0.3) is 0 Å². The van der Waals surface area contributed by atoms with Crippen molar-refractivity contribution in [1.29, 1.82) is 0 Å². The predicted molar refractivity (Wildman–Crippen MR) is 172 cm³/mol. The Morgan fingerprint density at radius 2 is 1.50 bits per heavy atom. The van der Waals surface area contributed by atoms with Gasteiger partial charge in [0.05, 0.1) is 5.41 Å². The number of fused-ring (bicyclic) bond motifs is 7. The first-order chi connectivity index (χ1) is 20.4. The minimum absolute atomic E-state index is 0.00260. The molecule has 11 atom stereocenters. The van der Waals surface area contributed by atoms with Gasteiger partial charge in [0.15, 0.2) is 5.78 Å². The second-order valence-electron chi connectivity index (χ2n) is 18.4. The number of rotatable bonds is 3. The topological polar surface area (TPSA) is 69.7 Å². The monoisotopic (exact) mass is 608 g/mol. The molecule has 0 radical (unpaired) electrons. The van der Waals surface area contributed by atoms with Gasteiger partial charge in [0.25, 0.3) is 0 Å². The van der Waals surface area contributed by atoms with Gasteiger partial charge < -0.3 is 9.47 Å². The first-order valence-corrected chi connectivity index (χ1v) is 18.1. The first kappa shape index (κ1) is 32.3. The number of carbonyl (C=O) groups is 3. The highest BCUT2D eigenvalue weighted by Gasteiger charge is 2.70. The Morgan fingerprint density at radius 3 is 2.18 bits per heavy atom. The highest BCUT2D eigenvalue weighted by molar-refractivity contribution is 5.95. The van der Waals surface area contributed by atoms with E-state index in [-0.39, 0.29) is 63.1 Å². The molecule has 0 saturated heterocycles. The van der Waals surface area contributed by atoms with Gasteiger partial charge >= 0.3 is 11.9 Å². The Balaban J connectivity index is 1.33. The van der Waals surface area contributed by atoms with Gasteiger partial charge in [-0.2, -0.15) is 0 Å². The number of ether oxygens (including phenoxy) is 2. The quantitative estimate of drug-likeness (QED) is 0.299. The summed E-state index contributed by atoms with van der Waals surface area (Å²) in [6.45, 7) is 20.2. The number of hydrogen-bond donors (Lipinski definition) is 0. The molecule has 0 aromatic carbocycles. The lowest BCUT2D eigenvalue weighted by molar-refractivity contribution is -0.210. The van der Waals surface area contributed by atoms with Gasteiger partial charge in [0, 0.05) is 18.3 Å². The highest BCUT2D eigenvalue weighted by Crippen LogP contribution is 2.75. The van der Waals surface area contributed by atoms with Crippen LogP contribution in [-0.2, 0) is 23.9 Å². The van der Waals surface area contributed by atoms with Crippen molar-refractivity contribution >= 4 is 17.7 Å². The lowest BCUT2D eigenvalue weighted by Crippen LogP contribution is -2.66. The molecule has 5 heteroatoms. The van der Waals surface area contributed by atoms with Crippen molar-refractivity contribution in [2.75, 3.05) is 0 Å². The third-order valence-corrected chi connectivity index (χ3v) is 15.6. The molecule has 0 N–H and O–H groups in total. The van der Waals surface area contributed by atoms with Crippen molar-refractivity contribution < 1.29 is 23.9 Å². The van der Waals surface area contributed by atoms with Crippen molar-refractivity contribution in [3.05, 3.63) is 11.6 Å². The summed E-state index contributed by atoms with van der Waals surface area (Å²) in [6.07, 6.45) is 15.3. The molecule has 5 nitrogen and oxygen atoms in total. The van der Waals surface area contributed by atoms with Gasteiger partial charge in [0.2, 0.25) is 0 Å². The van der Waals surface area contributed by atoms with E-state index in [9.17, 15) is 14.4 Å². The fraction of sp³-hybridized carbons (Fsp3) is 0.872. The zero-order valence-corrected chi connectivity index (χ0v) is 29.3. The summed E-state index contributed by atoms with van der Waals surface area (Å²) in [5, 5.41) is 0. The van der Waals surface area contributed by atoms with Crippen LogP contribution in [0.3, 0.4) is 0 Å². The molecule has 0 spiro atoms. The number of hydrogen-bond acceptors (Lipinski definition) is 5. The second kappa shape index (κ2) is 10.4. The van der Waals surface area contributed by atoms with E-state index in [1.807, 2.05) is 0 Å². The molecule has 6 rings (SSSR count). The Kier molecular flexibility index (Phi) is 7.65. The Hall–Kier alpha value is -1.65. The van der Waals surface area contributed by atoms with Crippen molar-refractivity contribution in [2.45, 2.75) is 158 Å². The summed E-state index contributed by atoms with van der Waals surface area (Å²) in [6, 6.07) is 0. The first-order valence-electron chi connectivity index (χ1n) is 18.1. The summed E-state index contributed by atoms with van der Waals surface area (Å²) >= 11 is 0. The van der Waals surface area contributed by atoms with E-state index in [0.29, 0.717) is 17.6 Å². The molecule has 0 unspecified atom stereocenters. The molecule has 0 aromatic heterocycles. The van der Waals surface area contributed by atoms with E-state index >= 15 is 0 Å². The van der Waals surface area contributed by atoms with E-state index in [4.69, 9.17) is 9.47 Å². The fourth-order valence-electron chi connectivity index (χ4n) is 12.5. The molecule has 5 fully saturated rings. The lowest BCUT2D eigenvalue weighted by Gasteiger charge is -2.70. The zero-order chi connectivity index (χ0) is 32.1. The molecule has 0 aromatic rings. The van der Waals surface area contributed by atoms with Crippen LogP contribution in [0.5, 0.6) is 0 Å². The summed E-state index contributed by atoms with van der Waals surface area (Å²) in [7, 11) is 0. The molecule has 44 heavy (non-hydrogen) atoms. The van der Waals surface area contributed by atoms with Gasteiger partial charge in [-0.05, 0) is 129 Å². The molecular weight excluding hydrogens is 548 g/mol. The number of ketones is 1. The van der Waals surface area contributed by atoms with Gasteiger partial charge in [-0.15, -0.1) is 0 Å². The van der Waals surface area contributed by atoms with E-state index in [0.717, 1.165) is 77.0 Å². The molecule has 6 aliphatic rings. The average molecular weight is 609 g/mol. The standard InChI is InChI=1S/C39H60O5/c1-24-12-10-11-13-29(24)44-33(42)36(6)19-18-35(5)20-21-38(8)26(27(35)23-36)22-28(41)32-37(7)16-15-31(43-25(2)40)34(3,4)30(37)14-17-39(32,38)9/h22,24,27,29-32H,10-21,23H2,1-9H3/t24-,27-,29+,30+,31+,32+,35+,36+,37+,38+,39+/m0/s1. The maximum absolute atomic E-state index is 14.7. The third kappa shape index (κ3) is 4.54. The average Bonchev–Trinajstić information content (AvgIpc) is 2.93.